The van der Waals surface area contributed by atoms with Gasteiger partial charge in [0.1, 0.15) is 40.7 Å². The number of ether oxygens (including phenoxy) is 7. The maximum Gasteiger partial charge on any atom is 0.409 e. The van der Waals surface area contributed by atoms with Crippen LogP contribution < -0.4 is 15.0 Å². The van der Waals surface area contributed by atoms with Crippen LogP contribution in [0.3, 0.4) is 0 Å². The van der Waals surface area contributed by atoms with Crippen molar-refractivity contribution < 1.29 is 76.6 Å². The maximum absolute atomic E-state index is 14.4. The van der Waals surface area contributed by atoms with E-state index >= 15 is 0 Å². The molecule has 2 unspecified atom stereocenters. The summed E-state index contributed by atoms with van der Waals surface area (Å²) in [6, 6.07) is 2.40. The van der Waals surface area contributed by atoms with Crippen LogP contribution in [-0.4, -0.2) is 198 Å². The van der Waals surface area contributed by atoms with Crippen LogP contribution in [0.25, 0.3) is 0 Å². The molecule has 0 spiro atoms. The van der Waals surface area contributed by atoms with Crippen LogP contribution in [0.1, 0.15) is 85.6 Å². The SMILES string of the molecule is COc1cc2cc(c1Cl)N(C)C(=O)C[C@H](OC(=O)[C@H](C)N(C)C(=O)CCC(C)(C)SC1CC(=O)N(CCOCCOCCN3C(=O)CC(SC)C3=O)C1=O)[C@]1(C)O[C@H]1[C@H](C)[C@@H]1C[C@@](O)(NC(=O)O1)[C@H](OC)/C=C/C=C(\C)C2. The van der Waals surface area contributed by atoms with Crippen molar-refractivity contribution in [1.29, 1.82) is 0 Å². The highest BCUT2D eigenvalue weighted by molar-refractivity contribution is 8.02. The maximum atomic E-state index is 14.4. The van der Waals surface area contributed by atoms with Crippen LogP contribution in [0.2, 0.25) is 5.02 Å². The summed E-state index contributed by atoms with van der Waals surface area (Å²) in [6.07, 6.45) is 2.61. The lowest BCUT2D eigenvalue weighted by Crippen LogP contribution is -2.63. The largest absolute Gasteiger partial charge is 0.495 e. The third kappa shape index (κ3) is 14.7. The molecule has 7 amide bonds. The minimum absolute atomic E-state index is 0.0121. The molecule has 4 fully saturated rings. The zero-order chi connectivity index (χ0) is 56.7. The van der Waals surface area contributed by atoms with E-state index in [0.717, 1.165) is 11.1 Å². The van der Waals surface area contributed by atoms with Crippen LogP contribution in [0.15, 0.2) is 35.9 Å². The number of benzene rings is 1. The number of carbonyl (C=O) groups excluding carboxylic acids is 8. The van der Waals surface area contributed by atoms with Gasteiger partial charge in [-0.25, -0.2) is 9.59 Å². The Labute approximate surface area is 463 Å². The number of rotatable bonds is 20. The first kappa shape index (κ1) is 61.5. The number of anilines is 1. The summed E-state index contributed by atoms with van der Waals surface area (Å²) in [7, 11) is 5.90. The Morgan fingerprint density at radius 1 is 0.974 bits per heavy atom. The second-order valence-electron chi connectivity index (χ2n) is 20.9. The van der Waals surface area contributed by atoms with Crippen LogP contribution in [0.4, 0.5) is 10.5 Å². The van der Waals surface area contributed by atoms with Crippen molar-refractivity contribution in [2.75, 3.05) is 79.0 Å². The quantitative estimate of drug-likeness (QED) is 0.0792. The molecule has 0 saturated carbocycles. The van der Waals surface area contributed by atoms with Gasteiger partial charge in [-0.15, -0.1) is 11.8 Å². The molecule has 4 saturated heterocycles. The molecule has 0 aliphatic carbocycles. The lowest BCUT2D eigenvalue weighted by atomic mass is 9.83. The number of imide groups is 2. The second kappa shape index (κ2) is 26.0. The smallest absolute Gasteiger partial charge is 0.409 e. The number of hydrogen-bond acceptors (Lipinski definition) is 18. The number of carbonyl (C=O) groups is 8. The minimum atomic E-state index is -1.88. The minimum Gasteiger partial charge on any atom is -0.495 e. The number of fused-ring (bicyclic) bond motifs is 5. The molecule has 1 aromatic carbocycles. The van der Waals surface area contributed by atoms with Gasteiger partial charge >= 0.3 is 12.1 Å². The highest BCUT2D eigenvalue weighted by Gasteiger charge is 2.64. The predicted octanol–water partition coefficient (Wildman–Crippen LogP) is 4.46. The lowest BCUT2D eigenvalue weighted by Gasteiger charge is -2.42. The van der Waals surface area contributed by atoms with Gasteiger partial charge in [0.05, 0.1) is 75.3 Å². The van der Waals surface area contributed by atoms with Gasteiger partial charge < -0.3 is 48.1 Å². The van der Waals surface area contributed by atoms with E-state index < -0.39 is 81.6 Å². The molecule has 1 aromatic rings. The van der Waals surface area contributed by atoms with Gasteiger partial charge in [0.15, 0.2) is 5.72 Å². The van der Waals surface area contributed by atoms with E-state index in [1.54, 1.807) is 51.4 Å². The van der Waals surface area contributed by atoms with Gasteiger partial charge in [-0.3, -0.25) is 43.9 Å². The first-order valence-corrected chi connectivity index (χ1v) is 28.2. The van der Waals surface area contributed by atoms with Crippen molar-refractivity contribution in [2.45, 2.75) is 144 Å². The zero-order valence-corrected chi connectivity index (χ0v) is 48.1. The molecular formula is C53H74ClN5O16S2. The molecule has 5 aliphatic rings. The third-order valence-corrected chi connectivity index (χ3v) is 17.7. The summed E-state index contributed by atoms with van der Waals surface area (Å²) in [6.45, 7) is 11.5. The molecule has 426 valence electrons. The fourth-order valence-electron chi connectivity index (χ4n) is 9.93. The summed E-state index contributed by atoms with van der Waals surface area (Å²) in [5.74, 6) is -3.08. The standard InChI is InChI=1S/C53H74ClN5O16S2/c1-30-13-12-14-39(70-10)53(68)29-36(73-50(67)55-53)31(2)46-52(6,75-46)40(28-42(61)57(8)34-24-33(23-30)25-35(69-9)45(34)54)74-49(66)32(3)56(7)41(60)15-16-51(4,5)77-38-27-44(63)59(48(38)65)18-20-72-22-21-71-19-17-58-43(62)26-37(76-11)47(58)64/h12-14,24-25,31-32,36-40,46,68H,15-23,26-29H2,1-11H3,(H,55,67)/b14-12+,30-13+/t31-,32+,36+,37?,38?,39-,40+,46+,52+,53+/m1/s1. The number of allylic oxidation sites excluding steroid dienone is 3. The molecule has 5 heterocycles. The number of hydrogen-bond donors (Lipinski definition) is 2. The number of amides is 7. The summed E-state index contributed by atoms with van der Waals surface area (Å²) in [5.41, 5.74) is -1.19. The van der Waals surface area contributed by atoms with E-state index in [9.17, 15) is 43.5 Å². The first-order valence-electron chi connectivity index (χ1n) is 25.7. The Morgan fingerprint density at radius 3 is 2.19 bits per heavy atom. The fraction of sp³-hybridized carbons (Fsp3) is 0.660. The number of likely N-dealkylation sites (tertiary alicyclic amines) is 2. The highest BCUT2D eigenvalue weighted by Crippen LogP contribution is 2.49. The summed E-state index contributed by atoms with van der Waals surface area (Å²) < 4.78 is 40.0. The van der Waals surface area contributed by atoms with Crippen molar-refractivity contribution in [3.05, 3.63) is 46.5 Å². The number of epoxide rings is 1. The lowest BCUT2D eigenvalue weighted by molar-refractivity contribution is -0.162. The molecule has 6 rings (SSSR count). The number of methoxy groups -OCH3 is 2. The molecule has 0 aromatic heterocycles. The summed E-state index contributed by atoms with van der Waals surface area (Å²) in [5, 5.41) is 13.5. The Kier molecular flexibility index (Phi) is 20.8. The van der Waals surface area contributed by atoms with Crippen molar-refractivity contribution in [1.82, 2.24) is 20.0 Å². The van der Waals surface area contributed by atoms with Crippen LogP contribution >= 0.6 is 35.1 Å². The summed E-state index contributed by atoms with van der Waals surface area (Å²) >= 11 is 9.48. The number of halogens is 1. The van der Waals surface area contributed by atoms with Crippen LogP contribution in [-0.2, 0) is 68.4 Å². The van der Waals surface area contributed by atoms with Gasteiger partial charge in [-0.2, -0.15) is 11.8 Å². The highest BCUT2D eigenvalue weighted by atomic mass is 35.5. The van der Waals surface area contributed by atoms with Crippen molar-refractivity contribution in [2.24, 2.45) is 5.92 Å². The van der Waals surface area contributed by atoms with E-state index in [2.05, 4.69) is 5.32 Å². The Balaban J connectivity index is 1.06. The van der Waals surface area contributed by atoms with Gasteiger partial charge in [-0.1, -0.05) is 56.2 Å². The van der Waals surface area contributed by atoms with E-state index in [1.807, 2.05) is 26.8 Å². The molecule has 10 atom stereocenters. The number of esters is 1. The normalized spacial score (nSPS) is 29.6. The van der Waals surface area contributed by atoms with Gasteiger partial charge in [0, 0.05) is 57.6 Å². The number of aliphatic hydroxyl groups is 1. The molecule has 5 aliphatic heterocycles. The predicted molar refractivity (Wildman–Crippen MR) is 287 cm³/mol. The van der Waals surface area contributed by atoms with E-state index in [4.69, 9.17) is 44.8 Å². The Hall–Kier alpha value is -4.75. The van der Waals surface area contributed by atoms with Crippen LogP contribution in [0, 0.1) is 5.92 Å². The van der Waals surface area contributed by atoms with Crippen molar-refractivity contribution in [3.8, 4) is 5.75 Å². The average Bonchev–Trinajstić information content (AvgIpc) is 4.00. The Morgan fingerprint density at radius 2 is 1.60 bits per heavy atom. The molecular weight excluding hydrogens is 1060 g/mol. The monoisotopic (exact) mass is 1140 g/mol. The third-order valence-electron chi connectivity index (χ3n) is 14.9. The van der Waals surface area contributed by atoms with E-state index in [1.165, 1.54) is 71.3 Å². The number of thioether (sulfide) groups is 2. The van der Waals surface area contributed by atoms with Gasteiger partial charge in [-0.05, 0) is 57.6 Å². The molecule has 24 heteroatoms. The number of nitrogens with zero attached hydrogens (tertiary/aromatic N) is 4. The van der Waals surface area contributed by atoms with E-state index in [0.29, 0.717) is 24.3 Å². The fourth-order valence-corrected chi connectivity index (χ4v) is 12.3. The first-order chi connectivity index (χ1) is 36.3. The Bertz CT molecular complexity index is 2480. The van der Waals surface area contributed by atoms with Gasteiger partial charge in [0.2, 0.25) is 35.4 Å². The molecule has 4 bridgehead atoms. The van der Waals surface area contributed by atoms with Crippen LogP contribution in [0.5, 0.6) is 5.75 Å². The molecule has 2 N–H and O–H groups in total. The average molecular weight is 1140 g/mol. The van der Waals surface area contributed by atoms with Crippen molar-refractivity contribution >= 4 is 88.3 Å². The second-order valence-corrected chi connectivity index (χ2v) is 24.2. The molecule has 77 heavy (non-hydrogen) atoms. The zero-order valence-electron chi connectivity index (χ0n) is 45.8. The number of alkyl carbamates (subject to hydrolysis) is 1. The van der Waals surface area contributed by atoms with Gasteiger partial charge in [0.25, 0.3) is 0 Å². The number of likely N-dealkylation sites (N-methyl/N-ethyl adjacent to an activating group) is 1. The number of nitrogens with one attached hydrogen (secondary N) is 1. The molecule has 0 radical (unpaired) electrons. The molecule has 21 nitrogen and oxygen atoms in total. The van der Waals surface area contributed by atoms with Crippen molar-refractivity contribution in [3.63, 3.8) is 0 Å². The van der Waals surface area contributed by atoms with E-state index in [-0.39, 0.29) is 106 Å². The summed E-state index contributed by atoms with van der Waals surface area (Å²) in [4.78, 5) is 111. The topological polar surface area (TPSA) is 250 Å².